The fourth-order valence-electron chi connectivity index (χ4n) is 5.87. The van der Waals surface area contributed by atoms with Gasteiger partial charge in [0, 0.05) is 18.0 Å². The second-order valence-corrected chi connectivity index (χ2v) is 11.4. The van der Waals surface area contributed by atoms with Crippen LogP contribution in [-0.4, -0.2) is 59.4 Å². The number of alkyl carbamates (subject to hydrolysis) is 1. The molecule has 1 aliphatic heterocycles. The van der Waals surface area contributed by atoms with E-state index in [1.54, 1.807) is 0 Å². The molecule has 248 valence electrons. The van der Waals surface area contributed by atoms with E-state index in [0.29, 0.717) is 30.7 Å². The molecule has 0 saturated carbocycles. The highest BCUT2D eigenvalue weighted by molar-refractivity contribution is 5.98. The summed E-state index contributed by atoms with van der Waals surface area (Å²) >= 11 is 0. The summed E-state index contributed by atoms with van der Waals surface area (Å²) in [6.45, 7) is 0.861. The van der Waals surface area contributed by atoms with Crippen LogP contribution in [0.5, 0.6) is 0 Å². The number of amides is 2. The lowest BCUT2D eigenvalue weighted by atomic mass is 9.84. The summed E-state index contributed by atoms with van der Waals surface area (Å²) in [6.07, 6.45) is 1.88. The maximum Gasteiger partial charge on any atom is 0.407 e. The van der Waals surface area contributed by atoms with Crippen molar-refractivity contribution in [2.45, 2.75) is 36.9 Å². The number of imidazole rings is 1. The Labute approximate surface area is 274 Å². The molecule has 48 heavy (non-hydrogen) atoms. The molecular formula is C35H33F3N6O4. The summed E-state index contributed by atoms with van der Waals surface area (Å²) in [7, 11) is 1.14. The lowest BCUT2D eigenvalue weighted by Gasteiger charge is -2.30. The highest BCUT2D eigenvalue weighted by Gasteiger charge is 2.34. The van der Waals surface area contributed by atoms with E-state index < -0.39 is 41.4 Å². The van der Waals surface area contributed by atoms with Gasteiger partial charge in [0.15, 0.2) is 0 Å². The van der Waals surface area contributed by atoms with Crippen molar-refractivity contribution in [3.8, 4) is 0 Å². The minimum Gasteiger partial charge on any atom is -0.453 e. The molecule has 3 unspecified atom stereocenters. The number of halogens is 3. The number of nitrogens with one attached hydrogen (secondary N) is 4. The van der Waals surface area contributed by atoms with Gasteiger partial charge in [0.2, 0.25) is 5.91 Å². The van der Waals surface area contributed by atoms with Crippen LogP contribution in [0.4, 0.5) is 23.7 Å². The van der Waals surface area contributed by atoms with Crippen molar-refractivity contribution in [2.75, 3.05) is 25.6 Å². The number of ether oxygens (including phenoxy) is 2. The van der Waals surface area contributed by atoms with Gasteiger partial charge >= 0.3 is 6.09 Å². The van der Waals surface area contributed by atoms with Gasteiger partial charge in [-0.3, -0.25) is 9.78 Å². The SMILES string of the molecule is COC(=O)NC(C(=O)Nc1cncc(F)c1CCC1CNC(c2nc3ccccc3[nH]2)CO1)C(c1ccc(F)cc1)c1ccc(F)cc1. The molecule has 4 N–H and O–H groups in total. The van der Waals surface area contributed by atoms with E-state index in [9.17, 15) is 18.4 Å². The molecule has 0 radical (unpaired) electrons. The Hall–Kier alpha value is -5.27. The molecule has 1 saturated heterocycles. The first kappa shape index (κ1) is 32.7. The number of benzene rings is 3. The molecule has 13 heteroatoms. The molecule has 1 aliphatic rings. The van der Waals surface area contributed by atoms with Crippen LogP contribution in [-0.2, 0) is 20.7 Å². The smallest absolute Gasteiger partial charge is 0.407 e. The van der Waals surface area contributed by atoms with Crippen LogP contribution in [0, 0.1) is 17.5 Å². The Balaban J connectivity index is 1.19. The predicted octanol–water partition coefficient (Wildman–Crippen LogP) is 5.53. The molecule has 2 amide bonds. The zero-order valence-electron chi connectivity index (χ0n) is 25.9. The number of aromatic amines is 1. The Morgan fingerprint density at radius 2 is 1.67 bits per heavy atom. The van der Waals surface area contributed by atoms with Crippen molar-refractivity contribution in [1.29, 1.82) is 0 Å². The van der Waals surface area contributed by atoms with Crippen molar-refractivity contribution >= 4 is 28.7 Å². The highest BCUT2D eigenvalue weighted by atomic mass is 19.1. The first-order valence-electron chi connectivity index (χ1n) is 15.4. The topological polar surface area (TPSA) is 130 Å². The van der Waals surface area contributed by atoms with Crippen LogP contribution < -0.4 is 16.0 Å². The molecule has 5 aromatic rings. The second kappa shape index (κ2) is 14.7. The molecule has 0 spiro atoms. The van der Waals surface area contributed by atoms with E-state index in [1.807, 2.05) is 24.3 Å². The summed E-state index contributed by atoms with van der Waals surface area (Å²) < 4.78 is 53.9. The third-order valence-corrected chi connectivity index (χ3v) is 8.34. The van der Waals surface area contributed by atoms with E-state index in [-0.39, 0.29) is 29.8 Å². The zero-order chi connectivity index (χ0) is 33.6. The summed E-state index contributed by atoms with van der Waals surface area (Å²) in [5, 5.41) is 8.71. The number of para-hydroxylation sites is 2. The summed E-state index contributed by atoms with van der Waals surface area (Å²) in [6, 6.07) is 17.0. The second-order valence-electron chi connectivity index (χ2n) is 11.4. The zero-order valence-corrected chi connectivity index (χ0v) is 25.9. The van der Waals surface area contributed by atoms with E-state index in [2.05, 4.69) is 30.9 Å². The Morgan fingerprint density at radius 3 is 2.29 bits per heavy atom. The molecule has 0 bridgehead atoms. The normalized spacial score (nSPS) is 16.9. The number of H-pyrrole nitrogens is 1. The predicted molar refractivity (Wildman–Crippen MR) is 172 cm³/mol. The van der Waals surface area contributed by atoms with Gasteiger partial charge in [-0.05, 0) is 60.4 Å². The highest BCUT2D eigenvalue weighted by Crippen LogP contribution is 2.31. The van der Waals surface area contributed by atoms with Crippen molar-refractivity contribution < 1.29 is 32.2 Å². The third kappa shape index (κ3) is 7.48. The maximum atomic E-state index is 15.2. The van der Waals surface area contributed by atoms with Crippen molar-refractivity contribution in [2.24, 2.45) is 0 Å². The third-order valence-electron chi connectivity index (χ3n) is 8.34. The Bertz CT molecular complexity index is 1800. The Morgan fingerprint density at radius 1 is 0.979 bits per heavy atom. The number of aromatic nitrogens is 3. The summed E-state index contributed by atoms with van der Waals surface area (Å²) in [5.41, 5.74) is 3.03. The summed E-state index contributed by atoms with van der Waals surface area (Å²) in [5.74, 6) is -2.49. The molecule has 3 heterocycles. The first-order chi connectivity index (χ1) is 23.3. The van der Waals surface area contributed by atoms with Crippen LogP contribution in [0.2, 0.25) is 0 Å². The Kier molecular flexibility index (Phi) is 9.97. The van der Waals surface area contributed by atoms with Crippen molar-refractivity contribution in [1.82, 2.24) is 25.6 Å². The van der Waals surface area contributed by atoms with E-state index in [1.165, 1.54) is 54.7 Å². The molecular weight excluding hydrogens is 625 g/mol. The monoisotopic (exact) mass is 658 g/mol. The van der Waals surface area contributed by atoms with Gasteiger partial charge in [0.25, 0.3) is 0 Å². The quantitative estimate of drug-likeness (QED) is 0.155. The number of pyridine rings is 1. The lowest BCUT2D eigenvalue weighted by Crippen LogP contribution is -2.48. The number of hydrogen-bond acceptors (Lipinski definition) is 7. The fraction of sp³-hybridized carbons (Fsp3) is 0.257. The molecule has 2 aromatic heterocycles. The van der Waals surface area contributed by atoms with Crippen LogP contribution in [0.15, 0.2) is 85.2 Å². The van der Waals surface area contributed by atoms with Gasteiger partial charge in [-0.25, -0.2) is 22.9 Å². The number of nitrogens with zero attached hydrogens (tertiary/aromatic N) is 2. The number of hydrogen-bond donors (Lipinski definition) is 4. The molecule has 10 nitrogen and oxygen atoms in total. The van der Waals surface area contributed by atoms with Crippen LogP contribution in [0.1, 0.15) is 40.9 Å². The molecule has 1 fully saturated rings. The van der Waals surface area contributed by atoms with Gasteiger partial charge in [0.05, 0.1) is 55.0 Å². The molecule has 0 aliphatic carbocycles. The first-order valence-corrected chi connectivity index (χ1v) is 15.4. The van der Waals surface area contributed by atoms with Crippen LogP contribution >= 0.6 is 0 Å². The maximum absolute atomic E-state index is 15.2. The fourth-order valence-corrected chi connectivity index (χ4v) is 5.87. The van der Waals surface area contributed by atoms with Gasteiger partial charge < -0.3 is 30.4 Å². The summed E-state index contributed by atoms with van der Waals surface area (Å²) in [4.78, 5) is 38.3. The largest absolute Gasteiger partial charge is 0.453 e. The van der Waals surface area contributed by atoms with Crippen LogP contribution in [0.3, 0.4) is 0 Å². The number of rotatable bonds is 10. The number of fused-ring (bicyclic) bond motifs is 1. The van der Waals surface area contributed by atoms with Gasteiger partial charge in [-0.1, -0.05) is 36.4 Å². The van der Waals surface area contributed by atoms with E-state index in [4.69, 9.17) is 9.47 Å². The number of carbonyl (C=O) groups excluding carboxylic acids is 2. The van der Waals surface area contributed by atoms with Gasteiger partial charge in [0.1, 0.15) is 29.3 Å². The molecule has 3 aromatic carbocycles. The minimum atomic E-state index is -1.34. The number of morpholine rings is 1. The molecule has 3 atom stereocenters. The van der Waals surface area contributed by atoms with Gasteiger partial charge in [-0.2, -0.15) is 0 Å². The van der Waals surface area contributed by atoms with E-state index >= 15 is 4.39 Å². The van der Waals surface area contributed by atoms with Crippen molar-refractivity contribution in [3.63, 3.8) is 0 Å². The van der Waals surface area contributed by atoms with Gasteiger partial charge in [-0.15, -0.1) is 0 Å². The minimum absolute atomic E-state index is 0.109. The number of anilines is 1. The van der Waals surface area contributed by atoms with E-state index in [0.717, 1.165) is 30.2 Å². The average Bonchev–Trinajstić information content (AvgIpc) is 3.54. The number of methoxy groups -OCH3 is 1. The lowest BCUT2D eigenvalue weighted by molar-refractivity contribution is -0.118. The van der Waals surface area contributed by atoms with Crippen molar-refractivity contribution in [3.05, 3.63) is 125 Å². The standard InChI is InChI=1S/C35H33F3N6O4/c1-47-35(46)44-32(31(20-6-10-22(36)11-7-20)21-8-12-23(37)13-9-21)34(45)43-29-18-39-17-26(38)25(29)15-14-24-16-40-30(19-48-24)33-41-27-4-2-3-5-28(27)42-33/h2-13,17-18,24,30-32,40H,14-16,19H2,1H3,(H,41,42)(H,43,45)(H,44,46). The average molecular weight is 659 g/mol. The molecule has 6 rings (SSSR count). The van der Waals surface area contributed by atoms with Crippen LogP contribution in [0.25, 0.3) is 11.0 Å². The number of carbonyl (C=O) groups is 2.